The zero-order valence-electron chi connectivity index (χ0n) is 11.0. The molecule has 104 valence electrons. The molecule has 1 aliphatic rings. The van der Waals surface area contributed by atoms with Crippen molar-refractivity contribution in [2.24, 2.45) is 0 Å². The summed E-state index contributed by atoms with van der Waals surface area (Å²) in [5.41, 5.74) is 2.14. The highest BCUT2D eigenvalue weighted by molar-refractivity contribution is 7.15. The number of hydrogen-bond donors (Lipinski definition) is 0. The number of ether oxygens (including phenoxy) is 1. The average molecular weight is 289 g/mol. The largest absolute Gasteiger partial charge is 0.463 e. The highest BCUT2D eigenvalue weighted by Gasteiger charge is 2.20. The van der Waals surface area contributed by atoms with Gasteiger partial charge in [0.05, 0.1) is 25.2 Å². The van der Waals surface area contributed by atoms with Crippen molar-refractivity contribution < 1.29 is 9.15 Å². The predicted molar refractivity (Wildman–Crippen MR) is 76.9 cm³/mol. The van der Waals surface area contributed by atoms with Crippen LogP contribution in [0.4, 0.5) is 0 Å². The molecule has 1 saturated heterocycles. The number of nitrogens with zero attached hydrogens (tertiary/aromatic N) is 3. The standard InChI is InChI=1S/C14H15N3O2S/c1-2-12(19-6-1)13-11(10-16-3-7-18-8-4-16)17-5-9-20-14(17)15-13/h1-2,5-6,9H,3-4,7-8,10H2. The van der Waals surface area contributed by atoms with Crippen molar-refractivity contribution in [3.05, 3.63) is 35.7 Å². The molecule has 3 aromatic rings. The summed E-state index contributed by atoms with van der Waals surface area (Å²) in [6.07, 6.45) is 3.77. The first-order chi connectivity index (χ1) is 9.92. The summed E-state index contributed by atoms with van der Waals surface area (Å²) in [6, 6.07) is 3.87. The van der Waals surface area contributed by atoms with Gasteiger partial charge in [-0.1, -0.05) is 0 Å². The molecule has 0 bridgehead atoms. The molecule has 5 nitrogen and oxygen atoms in total. The van der Waals surface area contributed by atoms with Crippen molar-refractivity contribution in [1.82, 2.24) is 14.3 Å². The fourth-order valence-electron chi connectivity index (χ4n) is 2.57. The topological polar surface area (TPSA) is 42.9 Å². The van der Waals surface area contributed by atoms with Crippen molar-refractivity contribution in [3.63, 3.8) is 0 Å². The van der Waals surface area contributed by atoms with Crippen LogP contribution in [0.1, 0.15) is 5.69 Å². The van der Waals surface area contributed by atoms with Crippen LogP contribution in [0.3, 0.4) is 0 Å². The third-order valence-corrected chi connectivity index (χ3v) is 4.35. The smallest absolute Gasteiger partial charge is 0.194 e. The van der Waals surface area contributed by atoms with E-state index < -0.39 is 0 Å². The molecule has 1 aliphatic heterocycles. The molecule has 6 heteroatoms. The number of thiazole rings is 1. The van der Waals surface area contributed by atoms with E-state index >= 15 is 0 Å². The summed E-state index contributed by atoms with van der Waals surface area (Å²) in [7, 11) is 0. The van der Waals surface area contributed by atoms with Crippen LogP contribution in [-0.4, -0.2) is 40.6 Å². The first-order valence-electron chi connectivity index (χ1n) is 6.70. The lowest BCUT2D eigenvalue weighted by atomic mass is 10.2. The van der Waals surface area contributed by atoms with Gasteiger partial charge < -0.3 is 9.15 Å². The maximum Gasteiger partial charge on any atom is 0.194 e. The Labute approximate surface area is 120 Å². The molecular formula is C14H15N3O2S. The SMILES string of the molecule is c1coc(-c2nc3sccn3c2CN2CCOCC2)c1. The molecule has 0 radical (unpaired) electrons. The highest BCUT2D eigenvalue weighted by atomic mass is 32.1. The predicted octanol–water partition coefficient (Wildman–Crippen LogP) is 2.49. The molecule has 0 aromatic carbocycles. The maximum atomic E-state index is 5.53. The van der Waals surface area contributed by atoms with Gasteiger partial charge in [0, 0.05) is 31.2 Å². The molecule has 4 rings (SSSR count). The van der Waals surface area contributed by atoms with Crippen molar-refractivity contribution in [3.8, 4) is 11.5 Å². The number of rotatable bonds is 3. The molecular weight excluding hydrogens is 274 g/mol. The average Bonchev–Trinajstić information content (AvgIpc) is 3.17. The van der Waals surface area contributed by atoms with Gasteiger partial charge in [-0.05, 0) is 12.1 Å². The van der Waals surface area contributed by atoms with Crippen LogP contribution in [0.2, 0.25) is 0 Å². The van der Waals surface area contributed by atoms with Gasteiger partial charge in [0.2, 0.25) is 0 Å². The first kappa shape index (κ1) is 12.1. The maximum absolute atomic E-state index is 5.53. The van der Waals surface area contributed by atoms with E-state index in [9.17, 15) is 0 Å². The number of morpholine rings is 1. The number of aromatic nitrogens is 2. The molecule has 4 heterocycles. The molecule has 0 atom stereocenters. The van der Waals surface area contributed by atoms with Crippen molar-refractivity contribution in [1.29, 1.82) is 0 Å². The Morgan fingerprint density at radius 3 is 3.00 bits per heavy atom. The summed E-state index contributed by atoms with van der Waals surface area (Å²) in [5, 5.41) is 2.07. The third kappa shape index (κ3) is 2.06. The van der Waals surface area contributed by atoms with Crippen LogP contribution in [0.15, 0.2) is 34.4 Å². The Hall–Kier alpha value is -1.63. The molecule has 0 amide bonds. The van der Waals surface area contributed by atoms with Crippen molar-refractivity contribution in [2.45, 2.75) is 6.54 Å². The number of hydrogen-bond acceptors (Lipinski definition) is 5. The minimum absolute atomic E-state index is 0.807. The van der Waals surface area contributed by atoms with E-state index in [1.807, 2.05) is 12.1 Å². The summed E-state index contributed by atoms with van der Waals surface area (Å²) >= 11 is 1.65. The quantitative estimate of drug-likeness (QED) is 0.743. The van der Waals surface area contributed by atoms with Crippen LogP contribution < -0.4 is 0 Å². The van der Waals surface area contributed by atoms with Crippen molar-refractivity contribution >= 4 is 16.3 Å². The fourth-order valence-corrected chi connectivity index (χ4v) is 3.30. The van der Waals surface area contributed by atoms with E-state index in [2.05, 4.69) is 20.9 Å². The van der Waals surface area contributed by atoms with Crippen LogP contribution >= 0.6 is 11.3 Å². The van der Waals surface area contributed by atoms with Gasteiger partial charge in [0.25, 0.3) is 0 Å². The van der Waals surface area contributed by atoms with Crippen LogP contribution in [-0.2, 0) is 11.3 Å². The van der Waals surface area contributed by atoms with Gasteiger partial charge in [-0.25, -0.2) is 4.98 Å². The second-order valence-corrected chi connectivity index (χ2v) is 5.70. The lowest BCUT2D eigenvalue weighted by molar-refractivity contribution is 0.0336. The Kier molecular flexibility index (Phi) is 3.06. The lowest BCUT2D eigenvalue weighted by Crippen LogP contribution is -2.36. The Morgan fingerprint density at radius 2 is 2.20 bits per heavy atom. The molecule has 0 aliphatic carbocycles. The molecule has 0 N–H and O–H groups in total. The molecule has 20 heavy (non-hydrogen) atoms. The van der Waals surface area contributed by atoms with Crippen LogP contribution in [0.5, 0.6) is 0 Å². The van der Waals surface area contributed by atoms with E-state index in [4.69, 9.17) is 14.1 Å². The minimum atomic E-state index is 0.807. The van der Waals surface area contributed by atoms with Crippen molar-refractivity contribution in [2.75, 3.05) is 26.3 Å². The lowest BCUT2D eigenvalue weighted by Gasteiger charge is -2.26. The minimum Gasteiger partial charge on any atom is -0.463 e. The van der Waals surface area contributed by atoms with Gasteiger partial charge in [-0.15, -0.1) is 11.3 Å². The number of imidazole rings is 1. The molecule has 0 saturated carbocycles. The van der Waals surface area contributed by atoms with E-state index in [0.29, 0.717) is 0 Å². The van der Waals surface area contributed by atoms with Gasteiger partial charge in [-0.2, -0.15) is 0 Å². The number of furan rings is 1. The summed E-state index contributed by atoms with van der Waals surface area (Å²) in [6.45, 7) is 4.42. The Morgan fingerprint density at radius 1 is 1.30 bits per heavy atom. The van der Waals surface area contributed by atoms with Gasteiger partial charge >= 0.3 is 0 Å². The van der Waals surface area contributed by atoms with Gasteiger partial charge in [-0.3, -0.25) is 9.30 Å². The Bertz CT molecular complexity index is 695. The second-order valence-electron chi connectivity index (χ2n) is 4.83. The van der Waals surface area contributed by atoms with Gasteiger partial charge in [0.1, 0.15) is 5.69 Å². The monoisotopic (exact) mass is 289 g/mol. The third-order valence-electron chi connectivity index (χ3n) is 3.59. The molecule has 0 unspecified atom stereocenters. The highest BCUT2D eigenvalue weighted by Crippen LogP contribution is 2.28. The first-order valence-corrected chi connectivity index (χ1v) is 7.58. The van der Waals surface area contributed by atoms with Gasteiger partial charge in [0.15, 0.2) is 10.7 Å². The molecule has 0 spiro atoms. The van der Waals surface area contributed by atoms with Crippen LogP contribution in [0.25, 0.3) is 16.4 Å². The zero-order valence-corrected chi connectivity index (χ0v) is 11.8. The normalized spacial score (nSPS) is 17.0. The Balaban J connectivity index is 1.75. The number of fused-ring (bicyclic) bond motifs is 1. The van der Waals surface area contributed by atoms with E-state index in [0.717, 1.165) is 49.3 Å². The van der Waals surface area contributed by atoms with E-state index in [1.165, 1.54) is 5.69 Å². The molecule has 1 fully saturated rings. The zero-order chi connectivity index (χ0) is 13.4. The summed E-state index contributed by atoms with van der Waals surface area (Å²) in [5.74, 6) is 0.837. The second kappa shape index (κ2) is 5.05. The summed E-state index contributed by atoms with van der Waals surface area (Å²) in [4.78, 5) is 8.12. The van der Waals surface area contributed by atoms with E-state index in [-0.39, 0.29) is 0 Å². The van der Waals surface area contributed by atoms with E-state index in [1.54, 1.807) is 17.6 Å². The van der Waals surface area contributed by atoms with Crippen LogP contribution in [0, 0.1) is 0 Å². The fraction of sp³-hybridized carbons (Fsp3) is 0.357. The summed E-state index contributed by atoms with van der Waals surface area (Å²) < 4.78 is 13.1. The molecule has 3 aromatic heterocycles.